The Kier molecular flexibility index (Phi) is 2.37. The number of benzene rings is 1. The van der Waals surface area contributed by atoms with Crippen LogP contribution >= 0.6 is 11.3 Å². The maximum atomic E-state index is 4.50. The number of thiophene rings is 1. The van der Waals surface area contributed by atoms with Gasteiger partial charge in [-0.3, -0.25) is 4.68 Å². The van der Waals surface area contributed by atoms with Gasteiger partial charge < -0.3 is 5.32 Å². The van der Waals surface area contributed by atoms with Crippen molar-refractivity contribution in [3.05, 3.63) is 35.7 Å². The summed E-state index contributed by atoms with van der Waals surface area (Å²) in [6.07, 6.45) is 0. The highest BCUT2D eigenvalue weighted by atomic mass is 32.1. The Labute approximate surface area is 104 Å². The first-order chi connectivity index (χ1) is 8.28. The van der Waals surface area contributed by atoms with E-state index in [2.05, 4.69) is 46.1 Å². The lowest BCUT2D eigenvalue weighted by Gasteiger charge is -1.96. The van der Waals surface area contributed by atoms with Gasteiger partial charge in [-0.1, -0.05) is 6.07 Å². The maximum Gasteiger partial charge on any atom is 0.124 e. The zero-order valence-electron chi connectivity index (χ0n) is 9.77. The Bertz CT molecular complexity index is 666. The molecule has 2 heterocycles. The normalized spacial score (nSPS) is 10.9. The Morgan fingerprint density at radius 3 is 2.88 bits per heavy atom. The quantitative estimate of drug-likeness (QED) is 0.748. The number of rotatable bonds is 2. The van der Waals surface area contributed by atoms with Crippen molar-refractivity contribution in [3.8, 4) is 11.3 Å². The van der Waals surface area contributed by atoms with E-state index in [0.29, 0.717) is 0 Å². The molecule has 86 valence electrons. The molecule has 2 aromatic heterocycles. The zero-order valence-corrected chi connectivity index (χ0v) is 10.6. The van der Waals surface area contributed by atoms with E-state index in [1.165, 1.54) is 10.1 Å². The van der Waals surface area contributed by atoms with Crippen LogP contribution in [0.25, 0.3) is 21.3 Å². The third kappa shape index (κ3) is 1.70. The number of aryl methyl sites for hydroxylation is 1. The van der Waals surface area contributed by atoms with Gasteiger partial charge in [-0.15, -0.1) is 11.3 Å². The molecule has 17 heavy (non-hydrogen) atoms. The van der Waals surface area contributed by atoms with Crippen molar-refractivity contribution in [1.82, 2.24) is 9.78 Å². The van der Waals surface area contributed by atoms with Crippen molar-refractivity contribution in [1.29, 1.82) is 0 Å². The molecule has 0 fully saturated rings. The number of anilines is 1. The van der Waals surface area contributed by atoms with E-state index in [1.807, 2.05) is 18.8 Å². The molecule has 0 radical (unpaired) electrons. The molecule has 0 amide bonds. The average Bonchev–Trinajstić information content (AvgIpc) is 2.93. The first-order valence-electron chi connectivity index (χ1n) is 5.47. The molecule has 0 aliphatic carbocycles. The number of nitrogens with one attached hydrogen (secondary N) is 1. The Hall–Kier alpha value is -1.81. The van der Waals surface area contributed by atoms with Crippen molar-refractivity contribution >= 4 is 27.2 Å². The third-order valence-electron chi connectivity index (χ3n) is 2.88. The van der Waals surface area contributed by atoms with Crippen LogP contribution in [0.15, 0.2) is 35.7 Å². The van der Waals surface area contributed by atoms with E-state index < -0.39 is 0 Å². The second kappa shape index (κ2) is 3.89. The van der Waals surface area contributed by atoms with Crippen LogP contribution in [0.2, 0.25) is 0 Å². The van der Waals surface area contributed by atoms with Gasteiger partial charge in [-0.25, -0.2) is 0 Å². The molecule has 3 rings (SSSR count). The van der Waals surface area contributed by atoms with E-state index in [0.717, 1.165) is 17.1 Å². The van der Waals surface area contributed by atoms with Crippen molar-refractivity contribution in [2.45, 2.75) is 0 Å². The predicted molar refractivity (Wildman–Crippen MR) is 73.6 cm³/mol. The van der Waals surface area contributed by atoms with Crippen molar-refractivity contribution in [2.75, 3.05) is 12.4 Å². The second-order valence-electron chi connectivity index (χ2n) is 3.96. The first-order valence-corrected chi connectivity index (χ1v) is 6.35. The number of nitrogens with zero attached hydrogens (tertiary/aromatic N) is 2. The monoisotopic (exact) mass is 243 g/mol. The van der Waals surface area contributed by atoms with E-state index in [1.54, 1.807) is 11.3 Å². The molecule has 0 atom stereocenters. The minimum absolute atomic E-state index is 1.00. The second-order valence-corrected chi connectivity index (χ2v) is 4.91. The molecule has 3 nitrogen and oxygen atoms in total. The smallest absolute Gasteiger partial charge is 0.124 e. The maximum absolute atomic E-state index is 4.50. The number of aromatic nitrogens is 2. The number of hydrogen-bond acceptors (Lipinski definition) is 3. The zero-order chi connectivity index (χ0) is 11.8. The topological polar surface area (TPSA) is 29.9 Å². The van der Waals surface area contributed by atoms with Gasteiger partial charge in [0.25, 0.3) is 0 Å². The van der Waals surface area contributed by atoms with Crippen LogP contribution in [0.4, 0.5) is 5.82 Å². The van der Waals surface area contributed by atoms with Gasteiger partial charge in [0.15, 0.2) is 0 Å². The lowest BCUT2D eigenvalue weighted by molar-refractivity contribution is 0.778. The highest BCUT2D eigenvalue weighted by Gasteiger charge is 2.06. The number of hydrogen-bond donors (Lipinski definition) is 1. The van der Waals surface area contributed by atoms with Crippen LogP contribution in [-0.2, 0) is 7.05 Å². The average molecular weight is 243 g/mol. The van der Waals surface area contributed by atoms with Crippen LogP contribution < -0.4 is 5.32 Å². The largest absolute Gasteiger partial charge is 0.373 e. The van der Waals surface area contributed by atoms with Crippen molar-refractivity contribution < 1.29 is 0 Å². The molecule has 4 heteroatoms. The fourth-order valence-corrected chi connectivity index (χ4v) is 2.74. The highest BCUT2D eigenvalue weighted by Crippen LogP contribution is 2.27. The molecular weight excluding hydrogens is 230 g/mol. The third-order valence-corrected chi connectivity index (χ3v) is 3.78. The van der Waals surface area contributed by atoms with Crippen LogP contribution in [0, 0.1) is 0 Å². The van der Waals surface area contributed by atoms with Crippen LogP contribution in [0.3, 0.4) is 0 Å². The van der Waals surface area contributed by atoms with Crippen molar-refractivity contribution in [3.63, 3.8) is 0 Å². The molecule has 0 unspecified atom stereocenters. The molecule has 0 saturated heterocycles. The van der Waals surface area contributed by atoms with E-state index in [4.69, 9.17) is 0 Å². The van der Waals surface area contributed by atoms with Crippen LogP contribution in [0.5, 0.6) is 0 Å². The highest BCUT2D eigenvalue weighted by molar-refractivity contribution is 7.17. The van der Waals surface area contributed by atoms with Crippen molar-refractivity contribution in [2.24, 2.45) is 7.05 Å². The van der Waals surface area contributed by atoms with E-state index in [9.17, 15) is 0 Å². The van der Waals surface area contributed by atoms with Crippen LogP contribution in [-0.4, -0.2) is 16.8 Å². The van der Waals surface area contributed by atoms with Gasteiger partial charge in [0.05, 0.1) is 5.69 Å². The molecule has 3 aromatic rings. The predicted octanol–water partition coefficient (Wildman–Crippen LogP) is 3.34. The van der Waals surface area contributed by atoms with E-state index in [-0.39, 0.29) is 0 Å². The van der Waals surface area contributed by atoms with Gasteiger partial charge in [-0.05, 0) is 29.0 Å². The summed E-state index contributed by atoms with van der Waals surface area (Å²) in [5.74, 6) is 1.02. The lowest BCUT2D eigenvalue weighted by atomic mass is 10.1. The molecule has 0 aliphatic rings. The summed E-state index contributed by atoms with van der Waals surface area (Å²) >= 11 is 1.77. The molecule has 0 aliphatic heterocycles. The molecule has 1 N–H and O–H groups in total. The summed E-state index contributed by atoms with van der Waals surface area (Å²) in [5, 5.41) is 11.0. The summed E-state index contributed by atoms with van der Waals surface area (Å²) in [4.78, 5) is 0. The Balaban J connectivity index is 2.12. The minimum atomic E-state index is 1.00. The van der Waals surface area contributed by atoms with Gasteiger partial charge in [-0.2, -0.15) is 5.10 Å². The molecular formula is C13H13N3S. The Morgan fingerprint density at radius 2 is 2.12 bits per heavy atom. The van der Waals surface area contributed by atoms with Gasteiger partial charge >= 0.3 is 0 Å². The fraction of sp³-hybridized carbons (Fsp3) is 0.154. The van der Waals surface area contributed by atoms with Gasteiger partial charge in [0, 0.05) is 30.4 Å². The molecule has 0 bridgehead atoms. The summed E-state index contributed by atoms with van der Waals surface area (Å²) in [5.41, 5.74) is 2.16. The van der Waals surface area contributed by atoms with Gasteiger partial charge in [0.2, 0.25) is 0 Å². The summed E-state index contributed by atoms with van der Waals surface area (Å²) in [6.45, 7) is 0. The lowest BCUT2D eigenvalue weighted by Crippen LogP contribution is -1.97. The standard InChI is InChI=1S/C13H13N3S/c1-14-13-8-11(15-16(13)2)9-3-4-12-10(7-9)5-6-17-12/h3-8,14H,1-2H3. The number of fused-ring (bicyclic) bond motifs is 1. The molecule has 1 aromatic carbocycles. The molecule has 0 spiro atoms. The summed E-state index contributed by atoms with van der Waals surface area (Å²) in [6, 6.07) is 10.7. The molecule has 0 saturated carbocycles. The Morgan fingerprint density at radius 1 is 1.24 bits per heavy atom. The SMILES string of the molecule is CNc1cc(-c2ccc3sccc3c2)nn1C. The fourth-order valence-electron chi connectivity index (χ4n) is 1.97. The van der Waals surface area contributed by atoms with Gasteiger partial charge in [0.1, 0.15) is 5.82 Å². The first kappa shape index (κ1) is 10.4. The van der Waals surface area contributed by atoms with Crippen LogP contribution in [0.1, 0.15) is 0 Å². The summed E-state index contributed by atoms with van der Waals surface area (Å²) in [7, 11) is 3.85. The minimum Gasteiger partial charge on any atom is -0.373 e. The summed E-state index contributed by atoms with van der Waals surface area (Å²) < 4.78 is 3.17. The van der Waals surface area contributed by atoms with E-state index >= 15 is 0 Å².